The first-order chi connectivity index (χ1) is 11.1. The molecule has 1 aromatic rings. The van der Waals surface area contributed by atoms with Gasteiger partial charge in [0.2, 0.25) is 5.91 Å². The highest BCUT2D eigenvalue weighted by Gasteiger charge is 2.34. The molecule has 5 heteroatoms. The molecule has 0 aliphatic carbocycles. The maximum Gasteiger partial charge on any atom is 0.224 e. The van der Waals surface area contributed by atoms with Crippen LogP contribution in [0.1, 0.15) is 45.4 Å². The van der Waals surface area contributed by atoms with Crippen molar-refractivity contribution in [2.45, 2.75) is 57.5 Å². The normalized spacial score (nSPS) is 26.1. The van der Waals surface area contributed by atoms with Gasteiger partial charge >= 0.3 is 0 Å². The smallest absolute Gasteiger partial charge is 0.224 e. The van der Waals surface area contributed by atoms with Crippen molar-refractivity contribution in [1.82, 2.24) is 5.32 Å². The zero-order chi connectivity index (χ0) is 16.2. The molecule has 0 aromatic heterocycles. The Labute approximate surface area is 142 Å². The van der Waals surface area contributed by atoms with Crippen LogP contribution < -0.4 is 15.4 Å². The number of benzene rings is 1. The number of carbonyl (C=O) groups is 1. The van der Waals surface area contributed by atoms with Crippen LogP contribution in [0.3, 0.4) is 0 Å². The zero-order valence-corrected chi connectivity index (χ0v) is 14.4. The lowest BCUT2D eigenvalue weighted by molar-refractivity contribution is -0.117. The monoisotopic (exact) mass is 336 g/mol. The second kappa shape index (κ2) is 7.54. The Balaban J connectivity index is 1.59. The number of piperidine rings is 1. The van der Waals surface area contributed by atoms with Gasteiger partial charge in [-0.25, -0.2) is 0 Å². The Hall–Kier alpha value is -1.26. The number of hydrogen-bond donors (Lipinski definition) is 2. The molecule has 23 heavy (non-hydrogen) atoms. The van der Waals surface area contributed by atoms with Gasteiger partial charge in [0.05, 0.1) is 12.3 Å². The highest BCUT2D eigenvalue weighted by Crippen LogP contribution is 2.33. The van der Waals surface area contributed by atoms with Crippen LogP contribution in [-0.2, 0) is 4.79 Å². The molecule has 2 fully saturated rings. The maximum atomic E-state index is 12.4. The largest absolute Gasteiger partial charge is 0.491 e. The van der Waals surface area contributed by atoms with E-state index in [1.807, 2.05) is 6.07 Å². The summed E-state index contributed by atoms with van der Waals surface area (Å²) in [4.78, 5) is 12.4. The number of hydrogen-bond acceptors (Lipinski definition) is 3. The van der Waals surface area contributed by atoms with Crippen molar-refractivity contribution in [2.24, 2.45) is 5.92 Å². The van der Waals surface area contributed by atoms with E-state index in [1.54, 1.807) is 12.1 Å². The Morgan fingerprint density at radius 1 is 1.35 bits per heavy atom. The lowest BCUT2D eigenvalue weighted by atomic mass is 9.89. The van der Waals surface area contributed by atoms with Crippen LogP contribution in [-0.4, -0.2) is 24.6 Å². The summed E-state index contributed by atoms with van der Waals surface area (Å²) in [5.74, 6) is 1.22. The summed E-state index contributed by atoms with van der Waals surface area (Å²) >= 11 is 6.06. The summed E-state index contributed by atoms with van der Waals surface area (Å²) < 4.78 is 5.69. The number of rotatable bonds is 6. The molecular weight excluding hydrogens is 312 g/mol. The fourth-order valence-electron chi connectivity index (χ4n) is 3.74. The summed E-state index contributed by atoms with van der Waals surface area (Å²) in [6, 6.07) is 6.59. The number of nitrogens with one attached hydrogen (secondary N) is 2. The van der Waals surface area contributed by atoms with Gasteiger partial charge in [-0.3, -0.25) is 4.79 Å². The molecule has 1 amide bonds. The van der Waals surface area contributed by atoms with Crippen LogP contribution in [0.25, 0.3) is 0 Å². The first kappa shape index (κ1) is 16.6. The first-order valence-corrected chi connectivity index (χ1v) is 9.00. The zero-order valence-electron chi connectivity index (χ0n) is 13.6. The molecule has 2 aliphatic heterocycles. The SMILES string of the molecule is CCCOc1ccc(Cl)cc1NC(=O)CC1CC2CCC(C1)N2. The fraction of sp³-hybridized carbons (Fsp3) is 0.611. The van der Waals surface area contributed by atoms with Crippen LogP contribution in [0.15, 0.2) is 18.2 Å². The summed E-state index contributed by atoms with van der Waals surface area (Å²) in [7, 11) is 0. The van der Waals surface area contributed by atoms with Gasteiger partial charge in [0, 0.05) is 23.5 Å². The van der Waals surface area contributed by atoms with Crippen molar-refractivity contribution in [1.29, 1.82) is 0 Å². The van der Waals surface area contributed by atoms with Gasteiger partial charge in [0.1, 0.15) is 5.75 Å². The standard InChI is InChI=1S/C18H25ClN2O2/c1-2-7-23-17-6-3-13(19)11-16(17)21-18(22)10-12-8-14-4-5-15(9-12)20-14/h3,6,11-12,14-15,20H,2,4-5,7-10H2,1H3,(H,21,22). The molecule has 2 unspecified atom stereocenters. The quantitative estimate of drug-likeness (QED) is 0.826. The number of carbonyl (C=O) groups excluding carboxylic acids is 1. The van der Waals surface area contributed by atoms with Gasteiger partial charge in [-0.05, 0) is 56.2 Å². The van der Waals surface area contributed by atoms with E-state index in [2.05, 4.69) is 17.6 Å². The third-order valence-corrected chi connectivity index (χ3v) is 4.96. The topological polar surface area (TPSA) is 50.4 Å². The molecule has 0 saturated carbocycles. The summed E-state index contributed by atoms with van der Waals surface area (Å²) in [6.45, 7) is 2.68. The van der Waals surface area contributed by atoms with Crippen LogP contribution >= 0.6 is 11.6 Å². The Morgan fingerprint density at radius 3 is 2.78 bits per heavy atom. The Kier molecular flexibility index (Phi) is 5.44. The van der Waals surface area contributed by atoms with Gasteiger partial charge < -0.3 is 15.4 Å². The third-order valence-electron chi connectivity index (χ3n) is 4.72. The van der Waals surface area contributed by atoms with Crippen molar-refractivity contribution in [3.05, 3.63) is 23.2 Å². The van der Waals surface area contributed by atoms with Crippen molar-refractivity contribution < 1.29 is 9.53 Å². The Morgan fingerprint density at radius 2 is 2.09 bits per heavy atom. The van der Waals surface area contributed by atoms with Crippen molar-refractivity contribution >= 4 is 23.2 Å². The number of anilines is 1. The molecule has 0 radical (unpaired) electrons. The third kappa shape index (κ3) is 4.39. The van der Waals surface area contributed by atoms with E-state index in [0.29, 0.717) is 47.5 Å². The van der Waals surface area contributed by atoms with Gasteiger partial charge in [-0.1, -0.05) is 18.5 Å². The minimum Gasteiger partial charge on any atom is -0.491 e. The lowest BCUT2D eigenvalue weighted by Gasteiger charge is -2.28. The highest BCUT2D eigenvalue weighted by molar-refractivity contribution is 6.31. The minimum absolute atomic E-state index is 0.0555. The van der Waals surface area contributed by atoms with Gasteiger partial charge in [-0.15, -0.1) is 0 Å². The van der Waals surface area contributed by atoms with E-state index in [4.69, 9.17) is 16.3 Å². The number of ether oxygens (including phenoxy) is 1. The molecule has 2 saturated heterocycles. The highest BCUT2D eigenvalue weighted by atomic mass is 35.5. The van der Waals surface area contributed by atoms with E-state index in [1.165, 1.54) is 12.8 Å². The molecule has 1 aromatic carbocycles. The molecule has 2 bridgehead atoms. The second-order valence-electron chi connectivity index (χ2n) is 6.72. The maximum absolute atomic E-state index is 12.4. The lowest BCUT2D eigenvalue weighted by Crippen LogP contribution is -2.39. The second-order valence-corrected chi connectivity index (χ2v) is 7.15. The molecule has 4 nitrogen and oxygen atoms in total. The molecule has 0 spiro atoms. The predicted molar refractivity (Wildman–Crippen MR) is 93.2 cm³/mol. The van der Waals surface area contributed by atoms with Gasteiger partial charge in [0.25, 0.3) is 0 Å². The molecule has 2 heterocycles. The molecular formula is C18H25ClN2O2. The number of halogens is 1. The Bertz CT molecular complexity index is 552. The van der Waals surface area contributed by atoms with E-state index < -0.39 is 0 Å². The summed E-state index contributed by atoms with van der Waals surface area (Å²) in [5, 5.41) is 7.20. The van der Waals surface area contributed by atoms with Crippen LogP contribution in [0, 0.1) is 5.92 Å². The average molecular weight is 337 g/mol. The van der Waals surface area contributed by atoms with Crippen molar-refractivity contribution in [2.75, 3.05) is 11.9 Å². The van der Waals surface area contributed by atoms with Crippen LogP contribution in [0.4, 0.5) is 5.69 Å². The minimum atomic E-state index is 0.0555. The predicted octanol–water partition coefficient (Wildman–Crippen LogP) is 3.99. The molecule has 2 N–H and O–H groups in total. The molecule has 126 valence electrons. The van der Waals surface area contributed by atoms with E-state index in [9.17, 15) is 4.79 Å². The average Bonchev–Trinajstić information content (AvgIpc) is 2.85. The molecule has 2 atom stereocenters. The van der Waals surface area contributed by atoms with E-state index >= 15 is 0 Å². The van der Waals surface area contributed by atoms with Crippen LogP contribution in [0.5, 0.6) is 5.75 Å². The van der Waals surface area contributed by atoms with Crippen LogP contribution in [0.2, 0.25) is 5.02 Å². The van der Waals surface area contributed by atoms with Gasteiger partial charge in [-0.2, -0.15) is 0 Å². The van der Waals surface area contributed by atoms with E-state index in [-0.39, 0.29) is 5.91 Å². The number of amides is 1. The van der Waals surface area contributed by atoms with E-state index in [0.717, 1.165) is 19.3 Å². The van der Waals surface area contributed by atoms with Gasteiger partial charge in [0.15, 0.2) is 0 Å². The molecule has 2 aliphatic rings. The first-order valence-electron chi connectivity index (χ1n) is 8.62. The van der Waals surface area contributed by atoms with Crippen molar-refractivity contribution in [3.63, 3.8) is 0 Å². The molecule has 3 rings (SSSR count). The number of fused-ring (bicyclic) bond motifs is 2. The fourth-order valence-corrected chi connectivity index (χ4v) is 3.92. The van der Waals surface area contributed by atoms with Crippen molar-refractivity contribution in [3.8, 4) is 5.75 Å². The summed E-state index contributed by atoms with van der Waals surface area (Å²) in [6.07, 6.45) is 6.23. The summed E-state index contributed by atoms with van der Waals surface area (Å²) in [5.41, 5.74) is 0.674.